The largest absolute Gasteiger partial charge is 0.493 e. The summed E-state index contributed by atoms with van der Waals surface area (Å²) in [4.78, 5) is 12.5. The molecular weight excluding hydrogens is 296 g/mol. The predicted molar refractivity (Wildman–Crippen MR) is 83.8 cm³/mol. The second-order valence-electron chi connectivity index (χ2n) is 5.49. The topological polar surface area (TPSA) is 78.3 Å². The minimum atomic E-state index is -0.213. The molecule has 23 heavy (non-hydrogen) atoms. The molecule has 122 valence electrons. The first-order valence-corrected chi connectivity index (χ1v) is 7.59. The number of hydrogen-bond donors (Lipinski definition) is 1. The number of nitrogens with one attached hydrogen (secondary N) is 1. The van der Waals surface area contributed by atoms with Gasteiger partial charge in [-0.15, -0.1) is 10.2 Å². The van der Waals surface area contributed by atoms with Crippen LogP contribution in [0.15, 0.2) is 18.2 Å². The van der Waals surface area contributed by atoms with Crippen LogP contribution >= 0.6 is 0 Å². The molecule has 2 aromatic rings. The predicted octanol–water partition coefficient (Wildman–Crippen LogP) is 1.73. The zero-order chi connectivity index (χ0) is 16.4. The van der Waals surface area contributed by atoms with Gasteiger partial charge in [0.05, 0.1) is 20.3 Å². The number of aryl methyl sites for hydroxylation is 1. The van der Waals surface area contributed by atoms with Crippen LogP contribution in [0.3, 0.4) is 0 Å². The summed E-state index contributed by atoms with van der Waals surface area (Å²) in [6, 6.07) is 4.87. The Morgan fingerprint density at radius 1 is 1.26 bits per heavy atom. The minimum Gasteiger partial charge on any atom is -0.493 e. The van der Waals surface area contributed by atoms with Crippen LogP contribution < -0.4 is 14.8 Å². The van der Waals surface area contributed by atoms with E-state index in [1.165, 1.54) is 0 Å². The zero-order valence-electron chi connectivity index (χ0n) is 13.5. The zero-order valence-corrected chi connectivity index (χ0v) is 13.5. The number of nitrogens with zero attached hydrogens (tertiary/aromatic N) is 3. The van der Waals surface area contributed by atoms with Crippen molar-refractivity contribution in [3.63, 3.8) is 0 Å². The van der Waals surface area contributed by atoms with Crippen molar-refractivity contribution in [2.24, 2.45) is 0 Å². The lowest BCUT2D eigenvalue weighted by Gasteiger charge is -2.15. The lowest BCUT2D eigenvalue weighted by Crippen LogP contribution is -2.28. The molecule has 0 bridgehead atoms. The first kappa shape index (κ1) is 15.3. The molecule has 0 fully saturated rings. The summed E-state index contributed by atoms with van der Waals surface area (Å²) >= 11 is 0. The van der Waals surface area contributed by atoms with E-state index in [2.05, 4.69) is 20.1 Å². The van der Waals surface area contributed by atoms with Crippen molar-refractivity contribution >= 4 is 5.91 Å². The molecule has 1 aliphatic rings. The molecule has 0 radical (unpaired) electrons. The highest BCUT2D eigenvalue weighted by molar-refractivity contribution is 5.95. The fourth-order valence-electron chi connectivity index (χ4n) is 2.82. The minimum absolute atomic E-state index is 0.186. The van der Waals surface area contributed by atoms with Gasteiger partial charge in [0.1, 0.15) is 5.82 Å². The van der Waals surface area contributed by atoms with E-state index in [1.807, 2.05) is 6.92 Å². The third kappa shape index (κ3) is 2.86. The summed E-state index contributed by atoms with van der Waals surface area (Å²) in [7, 11) is 3.10. The van der Waals surface area contributed by atoms with E-state index in [0.29, 0.717) is 17.1 Å². The molecule has 7 nitrogen and oxygen atoms in total. The van der Waals surface area contributed by atoms with Crippen molar-refractivity contribution < 1.29 is 14.3 Å². The number of benzene rings is 1. The number of methoxy groups -OCH3 is 2. The monoisotopic (exact) mass is 316 g/mol. The average molecular weight is 316 g/mol. The molecule has 1 aromatic heterocycles. The number of rotatable bonds is 5. The summed E-state index contributed by atoms with van der Waals surface area (Å²) in [6.45, 7) is 2.82. The third-order valence-corrected chi connectivity index (χ3v) is 4.02. The molecule has 1 amide bonds. The van der Waals surface area contributed by atoms with Crippen molar-refractivity contribution in [2.45, 2.75) is 32.4 Å². The van der Waals surface area contributed by atoms with Gasteiger partial charge in [0.15, 0.2) is 17.3 Å². The second kappa shape index (κ2) is 6.28. The molecule has 1 N–H and O–H groups in total. The number of fused-ring (bicyclic) bond motifs is 1. The average Bonchev–Trinajstić information content (AvgIpc) is 3.17. The van der Waals surface area contributed by atoms with Gasteiger partial charge in [-0.05, 0) is 31.5 Å². The molecule has 0 spiro atoms. The molecule has 1 aromatic carbocycles. The molecule has 0 saturated heterocycles. The van der Waals surface area contributed by atoms with E-state index in [1.54, 1.807) is 32.4 Å². The van der Waals surface area contributed by atoms with Gasteiger partial charge in [-0.3, -0.25) is 4.79 Å². The van der Waals surface area contributed by atoms with Gasteiger partial charge in [0, 0.05) is 18.5 Å². The van der Waals surface area contributed by atoms with Crippen LogP contribution in [-0.2, 0) is 13.0 Å². The van der Waals surface area contributed by atoms with Crippen molar-refractivity contribution in [2.75, 3.05) is 14.2 Å². The molecule has 1 aliphatic heterocycles. The van der Waals surface area contributed by atoms with Crippen LogP contribution in [0, 0.1) is 0 Å². The van der Waals surface area contributed by atoms with Crippen molar-refractivity contribution in [1.29, 1.82) is 0 Å². The quantitative estimate of drug-likeness (QED) is 0.909. The van der Waals surface area contributed by atoms with Crippen LogP contribution in [0.25, 0.3) is 0 Å². The highest BCUT2D eigenvalue weighted by Crippen LogP contribution is 2.28. The molecule has 0 saturated carbocycles. The summed E-state index contributed by atoms with van der Waals surface area (Å²) < 4.78 is 12.5. The number of carbonyl (C=O) groups is 1. The van der Waals surface area contributed by atoms with E-state index >= 15 is 0 Å². The van der Waals surface area contributed by atoms with E-state index in [9.17, 15) is 4.79 Å². The summed E-state index contributed by atoms with van der Waals surface area (Å²) in [5.41, 5.74) is 0.510. The Bertz CT molecular complexity index is 726. The maximum atomic E-state index is 12.5. The molecular formula is C16H20N4O3. The maximum absolute atomic E-state index is 12.5. The lowest BCUT2D eigenvalue weighted by molar-refractivity contribution is 0.0937. The standard InChI is InChI=1S/C16H20N4O3/c1-10(15-19-18-14-5-4-8-20(14)15)17-16(21)11-6-7-12(22-2)13(9-11)23-3/h6-7,9-10H,4-5,8H2,1-3H3,(H,17,21)/t10-/m1/s1. The fourth-order valence-corrected chi connectivity index (χ4v) is 2.82. The van der Waals surface area contributed by atoms with Crippen LogP contribution in [0.2, 0.25) is 0 Å². The maximum Gasteiger partial charge on any atom is 0.252 e. The third-order valence-electron chi connectivity index (χ3n) is 4.02. The van der Waals surface area contributed by atoms with Gasteiger partial charge in [0.2, 0.25) is 0 Å². The van der Waals surface area contributed by atoms with Crippen LogP contribution in [-0.4, -0.2) is 34.9 Å². The highest BCUT2D eigenvalue weighted by Gasteiger charge is 2.23. The smallest absolute Gasteiger partial charge is 0.252 e. The Morgan fingerprint density at radius 2 is 2.04 bits per heavy atom. The number of amides is 1. The SMILES string of the molecule is COc1ccc(C(=O)N[C@H](C)c2nnc3n2CCC3)cc1OC. The van der Waals surface area contributed by atoms with Gasteiger partial charge in [0.25, 0.3) is 5.91 Å². The number of ether oxygens (including phenoxy) is 2. The Kier molecular flexibility index (Phi) is 4.18. The number of hydrogen-bond acceptors (Lipinski definition) is 5. The molecule has 0 unspecified atom stereocenters. The van der Waals surface area contributed by atoms with E-state index in [-0.39, 0.29) is 11.9 Å². The Morgan fingerprint density at radius 3 is 2.78 bits per heavy atom. The Hall–Kier alpha value is -2.57. The van der Waals surface area contributed by atoms with E-state index < -0.39 is 0 Å². The Labute approximate surface area is 134 Å². The Balaban J connectivity index is 1.76. The molecule has 3 rings (SSSR count). The van der Waals surface area contributed by atoms with Crippen molar-refractivity contribution in [3.05, 3.63) is 35.4 Å². The number of aromatic nitrogens is 3. The van der Waals surface area contributed by atoms with Crippen LogP contribution in [0.5, 0.6) is 11.5 Å². The molecule has 7 heteroatoms. The summed E-state index contributed by atoms with van der Waals surface area (Å²) in [5.74, 6) is 2.72. The van der Waals surface area contributed by atoms with E-state index in [4.69, 9.17) is 9.47 Å². The van der Waals surface area contributed by atoms with Crippen molar-refractivity contribution in [1.82, 2.24) is 20.1 Å². The van der Waals surface area contributed by atoms with Gasteiger partial charge in [-0.25, -0.2) is 0 Å². The van der Waals surface area contributed by atoms with Crippen LogP contribution in [0.4, 0.5) is 0 Å². The number of carbonyl (C=O) groups excluding carboxylic acids is 1. The van der Waals surface area contributed by atoms with Crippen molar-refractivity contribution in [3.8, 4) is 11.5 Å². The van der Waals surface area contributed by atoms with Gasteiger partial charge in [-0.1, -0.05) is 0 Å². The summed E-state index contributed by atoms with van der Waals surface area (Å²) in [6.07, 6.45) is 2.03. The highest BCUT2D eigenvalue weighted by atomic mass is 16.5. The van der Waals surface area contributed by atoms with Gasteiger partial charge < -0.3 is 19.4 Å². The van der Waals surface area contributed by atoms with Gasteiger partial charge in [-0.2, -0.15) is 0 Å². The summed E-state index contributed by atoms with van der Waals surface area (Å²) in [5, 5.41) is 11.3. The molecule has 1 atom stereocenters. The van der Waals surface area contributed by atoms with Crippen LogP contribution in [0.1, 0.15) is 41.4 Å². The second-order valence-corrected chi connectivity index (χ2v) is 5.49. The normalized spacial score (nSPS) is 14.2. The first-order valence-electron chi connectivity index (χ1n) is 7.59. The first-order chi connectivity index (χ1) is 11.1. The molecule has 2 heterocycles. The molecule has 0 aliphatic carbocycles. The fraction of sp³-hybridized carbons (Fsp3) is 0.438. The van der Waals surface area contributed by atoms with E-state index in [0.717, 1.165) is 31.0 Å². The lowest BCUT2D eigenvalue weighted by atomic mass is 10.1. The van der Waals surface area contributed by atoms with Gasteiger partial charge >= 0.3 is 0 Å².